The van der Waals surface area contributed by atoms with Gasteiger partial charge in [-0.2, -0.15) is 13.2 Å². The van der Waals surface area contributed by atoms with Crippen LogP contribution in [-0.2, 0) is 11.6 Å². The first-order chi connectivity index (χ1) is 7.75. The number of hydrogen-bond acceptors (Lipinski definition) is 1. The monoisotopic (exact) mass is 263 g/mol. The Hall–Kier alpha value is -0.740. The third-order valence-corrected chi connectivity index (χ3v) is 3.68. The van der Waals surface area contributed by atoms with Gasteiger partial charge in [-0.3, -0.25) is 0 Å². The molecule has 1 aromatic carbocycles. The Morgan fingerprint density at radius 1 is 1.29 bits per heavy atom. The van der Waals surface area contributed by atoms with Crippen molar-refractivity contribution in [2.45, 2.75) is 37.4 Å². The van der Waals surface area contributed by atoms with Gasteiger partial charge >= 0.3 is 6.18 Å². The van der Waals surface area contributed by atoms with Crippen LogP contribution in [0.3, 0.4) is 0 Å². The lowest BCUT2D eigenvalue weighted by molar-refractivity contribution is -0.137. The number of alkyl halides is 3. The van der Waals surface area contributed by atoms with Gasteiger partial charge in [0.15, 0.2) is 0 Å². The molecule has 1 unspecified atom stereocenters. The van der Waals surface area contributed by atoms with E-state index in [-0.39, 0.29) is 16.5 Å². The van der Waals surface area contributed by atoms with Gasteiger partial charge in [-0.1, -0.05) is 11.6 Å². The average molecular weight is 264 g/mol. The van der Waals surface area contributed by atoms with Gasteiger partial charge in [0.1, 0.15) is 0 Å². The highest BCUT2D eigenvalue weighted by atomic mass is 35.5. The number of rotatable bonds is 2. The van der Waals surface area contributed by atoms with E-state index in [9.17, 15) is 13.2 Å². The molecule has 0 saturated heterocycles. The molecule has 1 fully saturated rings. The second kappa shape index (κ2) is 3.89. The molecule has 2 N–H and O–H groups in total. The van der Waals surface area contributed by atoms with E-state index in [1.165, 1.54) is 6.07 Å². The summed E-state index contributed by atoms with van der Waals surface area (Å²) in [5.41, 5.74) is 5.44. The smallest absolute Gasteiger partial charge is 0.327 e. The van der Waals surface area contributed by atoms with Gasteiger partial charge in [-0.05, 0) is 43.5 Å². The minimum atomic E-state index is -4.37. The van der Waals surface area contributed by atoms with Crippen molar-refractivity contribution in [3.8, 4) is 0 Å². The van der Waals surface area contributed by atoms with Crippen molar-refractivity contribution >= 4 is 11.6 Å². The van der Waals surface area contributed by atoms with E-state index in [1.54, 1.807) is 6.07 Å². The van der Waals surface area contributed by atoms with Crippen molar-refractivity contribution in [2.24, 2.45) is 5.73 Å². The average Bonchev–Trinajstić information content (AvgIpc) is 2.95. The van der Waals surface area contributed by atoms with Gasteiger partial charge in [0.25, 0.3) is 0 Å². The van der Waals surface area contributed by atoms with E-state index in [0.717, 1.165) is 18.9 Å². The zero-order valence-electron chi connectivity index (χ0n) is 9.31. The summed E-state index contributed by atoms with van der Waals surface area (Å²) >= 11 is 5.75. The maximum atomic E-state index is 12.7. The third kappa shape index (κ3) is 2.29. The van der Waals surface area contributed by atoms with E-state index < -0.39 is 11.7 Å². The molecule has 0 bridgehead atoms. The normalized spacial score (nSPS) is 20.1. The molecular formula is C12H13ClF3N. The summed E-state index contributed by atoms with van der Waals surface area (Å²) in [6.45, 7) is 1.82. The highest BCUT2D eigenvalue weighted by molar-refractivity contribution is 6.30. The molecule has 0 heterocycles. The fraction of sp³-hybridized carbons (Fsp3) is 0.500. The lowest BCUT2D eigenvalue weighted by atomic mass is 9.88. The molecule has 0 radical (unpaired) electrons. The summed E-state index contributed by atoms with van der Waals surface area (Å²) < 4.78 is 38.0. The molecule has 1 aliphatic carbocycles. The topological polar surface area (TPSA) is 26.0 Å². The Balaban J connectivity index is 2.47. The molecule has 1 aliphatic rings. The molecule has 1 aromatic rings. The van der Waals surface area contributed by atoms with E-state index in [0.29, 0.717) is 5.56 Å². The molecule has 0 spiro atoms. The Labute approximate surface area is 103 Å². The second-order valence-corrected chi connectivity index (χ2v) is 5.11. The number of halogens is 4. The van der Waals surface area contributed by atoms with Gasteiger partial charge in [-0.25, -0.2) is 0 Å². The first-order valence-electron chi connectivity index (χ1n) is 5.39. The SMILES string of the molecule is CC(N)C1(c2cc(Cl)cc(C(F)(F)F)c2)CC1. The van der Waals surface area contributed by atoms with Crippen LogP contribution in [0.5, 0.6) is 0 Å². The zero-order chi connectivity index (χ0) is 12.8. The first kappa shape index (κ1) is 12.7. The summed E-state index contributed by atoms with van der Waals surface area (Å²) in [6.07, 6.45) is -2.72. The molecule has 94 valence electrons. The quantitative estimate of drug-likeness (QED) is 0.864. The predicted molar refractivity (Wildman–Crippen MR) is 61.0 cm³/mol. The summed E-state index contributed by atoms with van der Waals surface area (Å²) in [5.74, 6) is 0. The molecule has 0 aromatic heterocycles. The standard InChI is InChI=1S/C12H13ClF3N/c1-7(17)11(2-3-11)8-4-9(12(14,15)16)6-10(13)5-8/h4-7H,2-3,17H2,1H3. The van der Waals surface area contributed by atoms with Crippen molar-refractivity contribution < 1.29 is 13.2 Å². The number of hydrogen-bond donors (Lipinski definition) is 1. The molecule has 0 amide bonds. The van der Waals surface area contributed by atoms with Crippen molar-refractivity contribution in [1.29, 1.82) is 0 Å². The number of nitrogens with two attached hydrogens (primary N) is 1. The largest absolute Gasteiger partial charge is 0.416 e. The molecule has 1 nitrogen and oxygen atoms in total. The molecule has 0 aliphatic heterocycles. The Morgan fingerprint density at radius 2 is 1.88 bits per heavy atom. The predicted octanol–water partition coefficient (Wildman–Crippen LogP) is 3.74. The van der Waals surface area contributed by atoms with Crippen molar-refractivity contribution in [2.75, 3.05) is 0 Å². The van der Waals surface area contributed by atoms with E-state index in [2.05, 4.69) is 0 Å². The third-order valence-electron chi connectivity index (χ3n) is 3.46. The Morgan fingerprint density at radius 3 is 2.29 bits per heavy atom. The van der Waals surface area contributed by atoms with Crippen LogP contribution in [0.2, 0.25) is 5.02 Å². The maximum Gasteiger partial charge on any atom is 0.416 e. The van der Waals surface area contributed by atoms with Crippen LogP contribution in [-0.4, -0.2) is 6.04 Å². The van der Waals surface area contributed by atoms with E-state index in [4.69, 9.17) is 17.3 Å². The van der Waals surface area contributed by atoms with Crippen LogP contribution in [0.15, 0.2) is 18.2 Å². The zero-order valence-corrected chi connectivity index (χ0v) is 10.1. The van der Waals surface area contributed by atoms with Crippen LogP contribution < -0.4 is 5.73 Å². The molecule has 5 heteroatoms. The summed E-state index contributed by atoms with van der Waals surface area (Å²) in [5, 5.41) is 0.113. The highest BCUT2D eigenvalue weighted by Gasteiger charge is 2.48. The van der Waals surface area contributed by atoms with E-state index >= 15 is 0 Å². The van der Waals surface area contributed by atoms with Crippen molar-refractivity contribution in [3.05, 3.63) is 34.3 Å². The summed E-state index contributed by atoms with van der Waals surface area (Å²) in [7, 11) is 0. The van der Waals surface area contributed by atoms with Crippen LogP contribution in [0.4, 0.5) is 13.2 Å². The van der Waals surface area contributed by atoms with Crippen LogP contribution in [0.25, 0.3) is 0 Å². The van der Waals surface area contributed by atoms with E-state index in [1.807, 2.05) is 6.92 Å². The molecule has 1 saturated carbocycles. The summed E-state index contributed by atoms with van der Waals surface area (Å²) in [4.78, 5) is 0. The van der Waals surface area contributed by atoms with Gasteiger partial charge in [0, 0.05) is 16.5 Å². The summed E-state index contributed by atoms with van der Waals surface area (Å²) in [6, 6.07) is 3.54. The fourth-order valence-corrected chi connectivity index (χ4v) is 2.42. The first-order valence-corrected chi connectivity index (χ1v) is 5.77. The Bertz CT molecular complexity index is 436. The maximum absolute atomic E-state index is 12.7. The highest BCUT2D eigenvalue weighted by Crippen LogP contribution is 2.51. The molecule has 2 rings (SSSR count). The Kier molecular flexibility index (Phi) is 2.91. The minimum Gasteiger partial charge on any atom is -0.327 e. The van der Waals surface area contributed by atoms with Gasteiger partial charge < -0.3 is 5.73 Å². The van der Waals surface area contributed by atoms with Crippen LogP contribution in [0.1, 0.15) is 30.9 Å². The van der Waals surface area contributed by atoms with Gasteiger partial charge in [0.05, 0.1) is 5.56 Å². The van der Waals surface area contributed by atoms with Crippen molar-refractivity contribution in [1.82, 2.24) is 0 Å². The lowest BCUT2D eigenvalue weighted by Crippen LogP contribution is -2.31. The fourth-order valence-electron chi connectivity index (χ4n) is 2.18. The molecular weight excluding hydrogens is 251 g/mol. The lowest BCUT2D eigenvalue weighted by Gasteiger charge is -2.21. The molecule has 1 atom stereocenters. The number of benzene rings is 1. The van der Waals surface area contributed by atoms with Crippen LogP contribution >= 0.6 is 11.6 Å². The second-order valence-electron chi connectivity index (χ2n) is 4.67. The molecule has 17 heavy (non-hydrogen) atoms. The van der Waals surface area contributed by atoms with Gasteiger partial charge in [0.2, 0.25) is 0 Å². The van der Waals surface area contributed by atoms with Crippen LogP contribution in [0, 0.1) is 0 Å². The minimum absolute atomic E-state index is 0.113. The van der Waals surface area contributed by atoms with Gasteiger partial charge in [-0.15, -0.1) is 0 Å². The van der Waals surface area contributed by atoms with Crippen molar-refractivity contribution in [3.63, 3.8) is 0 Å².